The molecular weight excluding hydrogens is 511 g/mol. The zero-order valence-corrected chi connectivity index (χ0v) is 21.3. The molecule has 1 fully saturated rings. The smallest absolute Gasteiger partial charge is 0.416 e. The zero-order chi connectivity index (χ0) is 27.7. The Hall–Kier alpha value is -4.41. The minimum Gasteiger partial charge on any atom is -0.490 e. The second-order valence-electron chi connectivity index (χ2n) is 9.55. The highest BCUT2D eigenvalue weighted by atomic mass is 19.4. The van der Waals surface area contributed by atoms with Gasteiger partial charge in [0.2, 0.25) is 5.91 Å². The summed E-state index contributed by atoms with van der Waals surface area (Å²) in [5, 5.41) is 7.19. The van der Waals surface area contributed by atoms with Crippen molar-refractivity contribution in [3.8, 4) is 5.69 Å². The third-order valence-corrected chi connectivity index (χ3v) is 6.74. The van der Waals surface area contributed by atoms with E-state index in [1.807, 2.05) is 19.2 Å². The predicted molar refractivity (Wildman–Crippen MR) is 139 cm³/mol. The van der Waals surface area contributed by atoms with E-state index >= 15 is 0 Å². The first-order valence-corrected chi connectivity index (χ1v) is 12.3. The Kier molecular flexibility index (Phi) is 6.98. The molecule has 0 saturated carbocycles. The van der Waals surface area contributed by atoms with Crippen LogP contribution in [0.2, 0.25) is 0 Å². The summed E-state index contributed by atoms with van der Waals surface area (Å²) in [5.41, 5.74) is 1.91. The molecule has 11 heteroatoms. The average molecular weight is 538 g/mol. The monoisotopic (exact) mass is 537 g/mol. The molecular formula is C28H26F3N5O3. The molecule has 39 heavy (non-hydrogen) atoms. The van der Waals surface area contributed by atoms with E-state index in [0.29, 0.717) is 31.0 Å². The second-order valence-corrected chi connectivity index (χ2v) is 9.55. The highest BCUT2D eigenvalue weighted by molar-refractivity contribution is 6.04. The first-order valence-electron chi connectivity index (χ1n) is 12.3. The number of nitrogens with zero attached hydrogens (tertiary/aromatic N) is 4. The minimum absolute atomic E-state index is 0.0236. The van der Waals surface area contributed by atoms with Gasteiger partial charge >= 0.3 is 6.18 Å². The van der Waals surface area contributed by atoms with Crippen molar-refractivity contribution in [3.63, 3.8) is 0 Å². The number of hydrogen-bond donors (Lipinski definition) is 1. The largest absolute Gasteiger partial charge is 0.490 e. The number of halogens is 3. The Balaban J connectivity index is 1.31. The first-order chi connectivity index (χ1) is 18.6. The van der Waals surface area contributed by atoms with E-state index in [2.05, 4.69) is 15.4 Å². The SMILES string of the molecule is CC(=O)N1CC(OC2=CC=NCC2c2cnn(-c3cc(NC(=O)c4cccc(C(F)(F)F)c4)ccc3C)c2)C1. The van der Waals surface area contributed by atoms with Crippen LogP contribution in [0.5, 0.6) is 0 Å². The van der Waals surface area contributed by atoms with Gasteiger partial charge in [0.15, 0.2) is 0 Å². The predicted octanol–water partition coefficient (Wildman–Crippen LogP) is 4.75. The van der Waals surface area contributed by atoms with E-state index in [1.165, 1.54) is 19.1 Å². The van der Waals surface area contributed by atoms with Gasteiger partial charge in [0.1, 0.15) is 11.9 Å². The fourth-order valence-electron chi connectivity index (χ4n) is 4.47. The molecule has 1 aromatic heterocycles. The standard InChI is InChI=1S/C28H26F3N5O3/c1-17-6-7-22(34-27(38)19-4-3-5-21(10-19)28(29,30)31)11-25(17)36-14-20(12-33-36)24-13-32-9-8-26(24)39-23-15-35(16-23)18(2)37/h3-12,14,23-24H,13,15-16H2,1-2H3,(H,34,38). The minimum atomic E-state index is -4.54. The van der Waals surface area contributed by atoms with Gasteiger partial charge in [0, 0.05) is 36.1 Å². The molecule has 3 heterocycles. The number of nitrogens with one attached hydrogen (secondary N) is 1. The third kappa shape index (κ3) is 5.71. The highest BCUT2D eigenvalue weighted by Gasteiger charge is 2.33. The van der Waals surface area contributed by atoms with Gasteiger partial charge < -0.3 is 15.0 Å². The molecule has 2 aliphatic heterocycles. The maximum absolute atomic E-state index is 13.1. The van der Waals surface area contributed by atoms with E-state index in [-0.39, 0.29) is 23.5 Å². The number of amides is 2. The molecule has 2 aromatic carbocycles. The number of hydrogen-bond acceptors (Lipinski definition) is 5. The number of carbonyl (C=O) groups excluding carboxylic acids is 2. The van der Waals surface area contributed by atoms with Gasteiger partial charge in [-0.3, -0.25) is 14.6 Å². The number of ether oxygens (including phenoxy) is 1. The summed E-state index contributed by atoms with van der Waals surface area (Å²) in [7, 11) is 0. The Morgan fingerprint density at radius 2 is 1.92 bits per heavy atom. The Bertz CT molecular complexity index is 1470. The molecule has 0 spiro atoms. The number of alkyl halides is 3. The van der Waals surface area contributed by atoms with E-state index in [4.69, 9.17) is 4.74 Å². The quantitative estimate of drug-likeness (QED) is 0.492. The number of aryl methyl sites for hydroxylation is 1. The molecule has 2 aliphatic rings. The van der Waals surface area contributed by atoms with Gasteiger partial charge in [-0.1, -0.05) is 12.1 Å². The highest BCUT2D eigenvalue weighted by Crippen LogP contribution is 2.32. The van der Waals surface area contributed by atoms with E-state index < -0.39 is 17.6 Å². The lowest BCUT2D eigenvalue weighted by molar-refractivity contribution is -0.140. The van der Waals surface area contributed by atoms with Crippen molar-refractivity contribution in [2.45, 2.75) is 32.0 Å². The lowest BCUT2D eigenvalue weighted by atomic mass is 9.98. The summed E-state index contributed by atoms with van der Waals surface area (Å²) < 4.78 is 47.0. The van der Waals surface area contributed by atoms with Gasteiger partial charge in [-0.05, 0) is 48.9 Å². The molecule has 8 nitrogen and oxygen atoms in total. The molecule has 5 rings (SSSR count). The van der Waals surface area contributed by atoms with Crippen LogP contribution in [0, 0.1) is 6.92 Å². The van der Waals surface area contributed by atoms with Crippen LogP contribution in [-0.2, 0) is 15.7 Å². The van der Waals surface area contributed by atoms with Gasteiger partial charge in [-0.15, -0.1) is 0 Å². The van der Waals surface area contributed by atoms with Gasteiger partial charge in [-0.25, -0.2) is 4.68 Å². The van der Waals surface area contributed by atoms with E-state index in [1.54, 1.807) is 40.2 Å². The Morgan fingerprint density at radius 1 is 1.13 bits per heavy atom. The van der Waals surface area contributed by atoms with Gasteiger partial charge in [-0.2, -0.15) is 18.3 Å². The molecule has 0 radical (unpaired) electrons. The molecule has 202 valence electrons. The van der Waals surface area contributed by atoms with Crippen LogP contribution in [0.4, 0.5) is 18.9 Å². The summed E-state index contributed by atoms with van der Waals surface area (Å²) in [5.74, 6) is -0.00494. The van der Waals surface area contributed by atoms with E-state index in [9.17, 15) is 22.8 Å². The van der Waals surface area contributed by atoms with Gasteiger partial charge in [0.25, 0.3) is 5.91 Å². The zero-order valence-electron chi connectivity index (χ0n) is 21.3. The summed E-state index contributed by atoms with van der Waals surface area (Å²) >= 11 is 0. The van der Waals surface area contributed by atoms with Crippen molar-refractivity contribution < 1.29 is 27.5 Å². The molecule has 1 unspecified atom stereocenters. The number of allylic oxidation sites excluding steroid dienone is 1. The normalized spacial score (nSPS) is 17.4. The first kappa shape index (κ1) is 26.2. The lowest BCUT2D eigenvalue weighted by Crippen LogP contribution is -2.54. The van der Waals surface area contributed by atoms with Crippen LogP contribution in [0.3, 0.4) is 0 Å². The van der Waals surface area contributed by atoms with Crippen LogP contribution in [0.15, 0.2) is 71.7 Å². The van der Waals surface area contributed by atoms with E-state index in [0.717, 1.165) is 29.0 Å². The topological polar surface area (TPSA) is 88.8 Å². The maximum Gasteiger partial charge on any atom is 0.416 e. The number of likely N-dealkylation sites (tertiary alicyclic amines) is 1. The van der Waals surface area contributed by atoms with Crippen molar-refractivity contribution in [2.24, 2.45) is 4.99 Å². The summed E-state index contributed by atoms with van der Waals surface area (Å²) in [6.45, 7) is 5.02. The average Bonchev–Trinajstić information content (AvgIpc) is 3.36. The van der Waals surface area contributed by atoms with Gasteiger partial charge in [0.05, 0.1) is 43.0 Å². The maximum atomic E-state index is 13.1. The lowest BCUT2D eigenvalue weighted by Gasteiger charge is -2.39. The van der Waals surface area contributed by atoms with Crippen LogP contribution >= 0.6 is 0 Å². The number of aliphatic imine (C=N–C) groups is 1. The van der Waals surface area contributed by atoms with Crippen LogP contribution in [0.25, 0.3) is 5.69 Å². The third-order valence-electron chi connectivity index (χ3n) is 6.74. The Morgan fingerprint density at radius 3 is 2.67 bits per heavy atom. The number of aromatic nitrogens is 2. The van der Waals surface area contributed by atoms with Crippen LogP contribution < -0.4 is 5.32 Å². The summed E-state index contributed by atoms with van der Waals surface area (Å²) in [6.07, 6.45) is 2.53. The fourth-order valence-corrected chi connectivity index (χ4v) is 4.47. The molecule has 1 atom stereocenters. The molecule has 2 amide bonds. The van der Waals surface area contributed by atoms with Crippen molar-refractivity contribution in [2.75, 3.05) is 25.0 Å². The van der Waals surface area contributed by atoms with Crippen LogP contribution in [-0.4, -0.2) is 58.4 Å². The van der Waals surface area contributed by atoms with Crippen molar-refractivity contribution in [1.29, 1.82) is 0 Å². The molecule has 0 aliphatic carbocycles. The van der Waals surface area contributed by atoms with Crippen molar-refractivity contribution in [1.82, 2.24) is 14.7 Å². The van der Waals surface area contributed by atoms with Crippen molar-refractivity contribution >= 4 is 23.7 Å². The Labute approximate surface area is 222 Å². The number of anilines is 1. The van der Waals surface area contributed by atoms with Crippen LogP contribution in [0.1, 0.15) is 39.9 Å². The number of rotatable bonds is 6. The fraction of sp³-hybridized carbons (Fsp3) is 0.286. The molecule has 3 aromatic rings. The number of carbonyl (C=O) groups is 2. The molecule has 1 saturated heterocycles. The van der Waals surface area contributed by atoms with Crippen molar-refractivity contribution in [3.05, 3.63) is 88.9 Å². The summed E-state index contributed by atoms with van der Waals surface area (Å²) in [6, 6.07) is 9.49. The number of benzene rings is 2. The summed E-state index contributed by atoms with van der Waals surface area (Å²) in [4.78, 5) is 30.3. The molecule has 0 bridgehead atoms. The molecule has 1 N–H and O–H groups in total. The number of dihydropyridines is 1. The second kappa shape index (κ2) is 10.4.